The Hall–Kier alpha value is -3.09. The van der Waals surface area contributed by atoms with Crippen molar-refractivity contribution in [1.82, 2.24) is 9.80 Å². The zero-order chi connectivity index (χ0) is 21.7. The van der Waals surface area contributed by atoms with E-state index in [-0.39, 0.29) is 11.1 Å². The van der Waals surface area contributed by atoms with Crippen molar-refractivity contribution in [1.29, 1.82) is 0 Å². The van der Waals surface area contributed by atoms with Gasteiger partial charge < -0.3 is 9.64 Å². The first kappa shape index (κ1) is 20.6. The topological polar surface area (TPSA) is 70.2 Å². The number of fused-ring (bicyclic) bond motifs is 1. The van der Waals surface area contributed by atoms with Gasteiger partial charge in [-0.05, 0) is 45.4 Å². The van der Waals surface area contributed by atoms with Crippen molar-refractivity contribution >= 4 is 35.2 Å². The first-order valence-corrected chi connectivity index (χ1v) is 9.54. The number of urea groups is 1. The Kier molecular flexibility index (Phi) is 5.03. The lowest BCUT2D eigenvalue weighted by atomic mass is 9.87. The molecule has 0 atom stereocenters. The van der Waals surface area contributed by atoms with Gasteiger partial charge in [-0.15, -0.1) is 0 Å². The van der Waals surface area contributed by atoms with Crippen LogP contribution in [-0.2, 0) is 9.59 Å². The second-order valence-corrected chi connectivity index (χ2v) is 7.91. The molecule has 7 nitrogen and oxygen atoms in total. The minimum atomic E-state index is -0.644. The summed E-state index contributed by atoms with van der Waals surface area (Å²) >= 11 is 0. The smallest absolute Gasteiger partial charge is 0.333 e. The van der Waals surface area contributed by atoms with Crippen LogP contribution in [0.2, 0.25) is 0 Å². The predicted molar refractivity (Wildman–Crippen MR) is 113 cm³/mol. The number of nitrogens with zero attached hydrogens (tertiary/aromatic N) is 3. The molecule has 3 rings (SSSR count). The number of barbiturate groups is 1. The first-order chi connectivity index (χ1) is 13.5. The highest BCUT2D eigenvalue weighted by atomic mass is 16.5. The Labute approximate surface area is 171 Å². The van der Waals surface area contributed by atoms with E-state index in [1.807, 2.05) is 19.1 Å². The normalized spacial score (nSPS) is 18.7. The van der Waals surface area contributed by atoms with E-state index in [1.165, 1.54) is 20.2 Å². The summed E-state index contributed by atoms with van der Waals surface area (Å²) in [5.41, 5.74) is 3.58. The molecule has 1 aromatic carbocycles. The lowest BCUT2D eigenvalue weighted by Crippen LogP contribution is -2.52. The minimum absolute atomic E-state index is 0.0713. The number of benzene rings is 1. The molecule has 0 N–H and O–H groups in total. The SMILES string of the molecule is CCN1c2cc(OC)c(C=C3C(=O)N(C)C(=O)N(C)C3=O)cc2C(C)=CC1(C)C. The first-order valence-electron chi connectivity index (χ1n) is 9.54. The van der Waals surface area contributed by atoms with Gasteiger partial charge in [0.15, 0.2) is 0 Å². The maximum absolute atomic E-state index is 12.6. The van der Waals surface area contributed by atoms with Crippen LogP contribution in [0.5, 0.6) is 5.75 Å². The van der Waals surface area contributed by atoms with Gasteiger partial charge in [0.25, 0.3) is 11.8 Å². The molecule has 1 aromatic rings. The number of imide groups is 2. The molecule has 1 fully saturated rings. The molecule has 0 saturated carbocycles. The molecule has 0 bridgehead atoms. The fourth-order valence-corrected chi connectivity index (χ4v) is 4.12. The highest BCUT2D eigenvalue weighted by molar-refractivity contribution is 6.30. The zero-order valence-electron chi connectivity index (χ0n) is 18.0. The molecule has 29 heavy (non-hydrogen) atoms. The van der Waals surface area contributed by atoms with Crippen molar-refractivity contribution in [2.75, 3.05) is 32.6 Å². The number of amides is 4. The summed E-state index contributed by atoms with van der Waals surface area (Å²) in [4.78, 5) is 41.3. The van der Waals surface area contributed by atoms with E-state index in [2.05, 4.69) is 31.7 Å². The number of carbonyl (C=O) groups is 3. The molecular formula is C22H27N3O4. The molecule has 2 heterocycles. The monoisotopic (exact) mass is 397 g/mol. The van der Waals surface area contributed by atoms with Crippen LogP contribution in [0, 0.1) is 0 Å². The van der Waals surface area contributed by atoms with Gasteiger partial charge in [0.1, 0.15) is 11.3 Å². The third kappa shape index (κ3) is 3.20. The number of methoxy groups -OCH3 is 1. The van der Waals surface area contributed by atoms with E-state index in [0.717, 1.165) is 33.2 Å². The number of rotatable bonds is 3. The van der Waals surface area contributed by atoms with Gasteiger partial charge in [-0.3, -0.25) is 19.4 Å². The highest BCUT2D eigenvalue weighted by Gasteiger charge is 2.38. The van der Waals surface area contributed by atoms with Crippen LogP contribution in [0.25, 0.3) is 11.6 Å². The van der Waals surface area contributed by atoms with Gasteiger partial charge in [0, 0.05) is 43.5 Å². The average Bonchev–Trinajstić information content (AvgIpc) is 2.67. The Morgan fingerprint density at radius 3 is 2.17 bits per heavy atom. The number of carbonyl (C=O) groups excluding carboxylic acids is 3. The molecule has 0 aliphatic carbocycles. The zero-order valence-corrected chi connectivity index (χ0v) is 18.0. The summed E-state index contributed by atoms with van der Waals surface area (Å²) in [5, 5.41) is 0. The van der Waals surface area contributed by atoms with Crippen LogP contribution in [0.15, 0.2) is 23.8 Å². The fraction of sp³-hybridized carbons (Fsp3) is 0.409. The van der Waals surface area contributed by atoms with E-state index in [4.69, 9.17) is 4.74 Å². The number of likely N-dealkylation sites (N-methyl/N-ethyl adjacent to an activating group) is 3. The standard InChI is InChI=1S/C22H27N3O4/c1-8-25-17-11-18(29-7)14(9-15(17)13(2)12-22(25,3)4)10-16-19(26)23(5)21(28)24(6)20(16)27/h9-12H,8H2,1-7H3. The van der Waals surface area contributed by atoms with Crippen molar-refractivity contribution in [3.63, 3.8) is 0 Å². The maximum atomic E-state index is 12.6. The quantitative estimate of drug-likeness (QED) is 0.579. The summed E-state index contributed by atoms with van der Waals surface area (Å²) in [6.07, 6.45) is 3.71. The van der Waals surface area contributed by atoms with Gasteiger partial charge in [0.2, 0.25) is 0 Å². The second-order valence-electron chi connectivity index (χ2n) is 7.91. The van der Waals surface area contributed by atoms with Crippen LogP contribution < -0.4 is 9.64 Å². The third-order valence-corrected chi connectivity index (χ3v) is 5.59. The van der Waals surface area contributed by atoms with Gasteiger partial charge in [0.05, 0.1) is 12.6 Å². The maximum Gasteiger partial charge on any atom is 0.333 e. The number of hydrogen-bond acceptors (Lipinski definition) is 5. The van der Waals surface area contributed by atoms with Crippen molar-refractivity contribution in [3.8, 4) is 5.75 Å². The molecule has 0 radical (unpaired) electrons. The number of ether oxygens (including phenoxy) is 1. The van der Waals surface area contributed by atoms with Crippen LogP contribution in [0.3, 0.4) is 0 Å². The molecule has 1 saturated heterocycles. The van der Waals surface area contributed by atoms with Gasteiger partial charge in [-0.2, -0.15) is 0 Å². The molecule has 2 aliphatic heterocycles. The number of anilines is 1. The lowest BCUT2D eigenvalue weighted by molar-refractivity contribution is -0.134. The summed E-state index contributed by atoms with van der Waals surface area (Å²) in [5.74, 6) is -0.689. The van der Waals surface area contributed by atoms with Gasteiger partial charge >= 0.3 is 6.03 Å². The Morgan fingerprint density at radius 1 is 1.07 bits per heavy atom. The van der Waals surface area contributed by atoms with E-state index in [1.54, 1.807) is 7.11 Å². The van der Waals surface area contributed by atoms with E-state index < -0.39 is 17.8 Å². The van der Waals surface area contributed by atoms with Crippen LogP contribution in [-0.4, -0.2) is 60.9 Å². The summed E-state index contributed by atoms with van der Waals surface area (Å²) in [6, 6.07) is 3.23. The van der Waals surface area contributed by atoms with E-state index in [0.29, 0.717) is 11.3 Å². The fourth-order valence-electron chi connectivity index (χ4n) is 4.12. The summed E-state index contributed by atoms with van der Waals surface area (Å²) in [7, 11) is 4.28. The predicted octanol–water partition coefficient (Wildman–Crippen LogP) is 3.15. The molecule has 7 heteroatoms. The van der Waals surface area contributed by atoms with Crippen LogP contribution in [0.4, 0.5) is 10.5 Å². The number of allylic oxidation sites excluding steroid dienone is 1. The second kappa shape index (κ2) is 7.06. The van der Waals surface area contributed by atoms with Crippen molar-refractivity contribution < 1.29 is 19.1 Å². The molecule has 154 valence electrons. The molecule has 4 amide bonds. The Balaban J connectivity index is 2.19. The summed E-state index contributed by atoms with van der Waals surface area (Å²) in [6.45, 7) is 9.29. The lowest BCUT2D eigenvalue weighted by Gasteiger charge is -2.43. The largest absolute Gasteiger partial charge is 0.496 e. The van der Waals surface area contributed by atoms with Crippen molar-refractivity contribution in [2.45, 2.75) is 33.2 Å². The molecule has 0 spiro atoms. The highest BCUT2D eigenvalue weighted by Crippen LogP contribution is 2.42. The van der Waals surface area contributed by atoms with Crippen LogP contribution in [0.1, 0.15) is 38.8 Å². The molecular weight excluding hydrogens is 370 g/mol. The minimum Gasteiger partial charge on any atom is -0.496 e. The van der Waals surface area contributed by atoms with E-state index >= 15 is 0 Å². The Morgan fingerprint density at radius 2 is 1.66 bits per heavy atom. The third-order valence-electron chi connectivity index (χ3n) is 5.59. The number of hydrogen-bond donors (Lipinski definition) is 0. The average molecular weight is 397 g/mol. The van der Waals surface area contributed by atoms with Crippen molar-refractivity contribution in [3.05, 3.63) is 34.9 Å². The van der Waals surface area contributed by atoms with Crippen LogP contribution >= 0.6 is 0 Å². The molecule has 2 aliphatic rings. The molecule has 0 aromatic heterocycles. The Bertz CT molecular complexity index is 949. The van der Waals surface area contributed by atoms with Crippen molar-refractivity contribution in [2.24, 2.45) is 0 Å². The summed E-state index contributed by atoms with van der Waals surface area (Å²) < 4.78 is 5.59. The van der Waals surface area contributed by atoms with Gasteiger partial charge in [-0.25, -0.2) is 4.79 Å². The molecule has 0 unspecified atom stereocenters. The van der Waals surface area contributed by atoms with Gasteiger partial charge in [-0.1, -0.05) is 6.08 Å². The van der Waals surface area contributed by atoms with E-state index in [9.17, 15) is 14.4 Å².